The summed E-state index contributed by atoms with van der Waals surface area (Å²) in [6, 6.07) is 3.48. The van der Waals surface area contributed by atoms with E-state index in [0.29, 0.717) is 35.4 Å². The van der Waals surface area contributed by atoms with Crippen LogP contribution in [0.4, 0.5) is 5.69 Å². The van der Waals surface area contributed by atoms with Crippen LogP contribution in [-0.2, 0) is 11.3 Å². The van der Waals surface area contributed by atoms with Gasteiger partial charge in [-0.25, -0.2) is 0 Å². The van der Waals surface area contributed by atoms with Crippen LogP contribution in [0.1, 0.15) is 31.2 Å². The minimum absolute atomic E-state index is 0.186. The Balaban J connectivity index is 1.65. The lowest BCUT2D eigenvalue weighted by atomic mass is 10.1. The van der Waals surface area contributed by atoms with E-state index in [4.69, 9.17) is 28.9 Å². The first-order valence-corrected chi connectivity index (χ1v) is 9.17. The van der Waals surface area contributed by atoms with Gasteiger partial charge in [-0.3, -0.25) is 9.69 Å². The van der Waals surface area contributed by atoms with Crippen LogP contribution in [0.15, 0.2) is 24.4 Å². The van der Waals surface area contributed by atoms with Crippen molar-refractivity contribution in [2.24, 2.45) is 5.92 Å². The minimum Gasteiger partial charge on any atom is -0.398 e. The van der Waals surface area contributed by atoms with Crippen molar-refractivity contribution in [1.82, 2.24) is 9.80 Å². The summed E-state index contributed by atoms with van der Waals surface area (Å²) in [6.45, 7) is 6.81. The second kappa shape index (κ2) is 7.34. The lowest BCUT2D eigenvalue weighted by Crippen LogP contribution is -2.48. The van der Waals surface area contributed by atoms with E-state index in [2.05, 4.69) is 11.5 Å². The van der Waals surface area contributed by atoms with Gasteiger partial charge in [0.2, 0.25) is 5.91 Å². The van der Waals surface area contributed by atoms with Gasteiger partial charge < -0.3 is 10.6 Å². The summed E-state index contributed by atoms with van der Waals surface area (Å²) in [5, 5.41) is 1.13. The predicted octanol–water partition coefficient (Wildman–Crippen LogP) is 3.92. The van der Waals surface area contributed by atoms with E-state index < -0.39 is 0 Å². The zero-order valence-corrected chi connectivity index (χ0v) is 15.2. The number of benzene rings is 1. The maximum absolute atomic E-state index is 12.6. The zero-order chi connectivity index (χ0) is 17.3. The Morgan fingerprint density at radius 3 is 2.62 bits per heavy atom. The van der Waals surface area contributed by atoms with Crippen LogP contribution in [0.2, 0.25) is 10.0 Å². The van der Waals surface area contributed by atoms with E-state index in [1.165, 1.54) is 0 Å². The van der Waals surface area contributed by atoms with E-state index in [1.807, 2.05) is 4.90 Å². The van der Waals surface area contributed by atoms with Crippen LogP contribution < -0.4 is 5.73 Å². The Labute approximate surface area is 153 Å². The van der Waals surface area contributed by atoms with Crippen molar-refractivity contribution in [2.45, 2.75) is 32.2 Å². The van der Waals surface area contributed by atoms with E-state index in [0.717, 1.165) is 43.5 Å². The molecule has 4 nitrogen and oxygen atoms in total. The Morgan fingerprint density at radius 2 is 1.96 bits per heavy atom. The molecule has 24 heavy (non-hydrogen) atoms. The number of carbonyl (C=O) groups is 1. The zero-order valence-electron chi connectivity index (χ0n) is 13.7. The van der Waals surface area contributed by atoms with Gasteiger partial charge in [-0.1, -0.05) is 42.6 Å². The highest BCUT2D eigenvalue weighted by molar-refractivity contribution is 6.37. The maximum atomic E-state index is 12.6. The molecule has 0 unspecified atom stereocenters. The van der Waals surface area contributed by atoms with Gasteiger partial charge in [-0.15, -0.1) is 0 Å². The first-order valence-electron chi connectivity index (χ1n) is 8.41. The molecular formula is C18H23Cl2N3O. The quantitative estimate of drug-likeness (QED) is 0.823. The van der Waals surface area contributed by atoms with Gasteiger partial charge in [-0.2, -0.15) is 0 Å². The third-order valence-corrected chi connectivity index (χ3v) is 5.80. The molecule has 130 valence electrons. The fraction of sp³-hybridized carbons (Fsp3) is 0.500. The molecule has 1 aromatic carbocycles. The molecule has 1 aliphatic carbocycles. The SMILES string of the molecule is C=C1CN(Cc2c(Cl)ccc(N)c2Cl)CCN1C(=O)C1CCCC1. The smallest absolute Gasteiger partial charge is 0.229 e. The van der Waals surface area contributed by atoms with Crippen molar-refractivity contribution >= 4 is 34.8 Å². The number of anilines is 1. The number of rotatable bonds is 3. The number of nitrogens with zero attached hydrogens (tertiary/aromatic N) is 2. The van der Waals surface area contributed by atoms with Crippen LogP contribution >= 0.6 is 23.2 Å². The summed E-state index contributed by atoms with van der Waals surface area (Å²) in [7, 11) is 0. The molecule has 6 heteroatoms. The molecule has 0 radical (unpaired) electrons. The van der Waals surface area contributed by atoms with Crippen LogP contribution in [0.25, 0.3) is 0 Å². The molecule has 1 saturated heterocycles. The van der Waals surface area contributed by atoms with Crippen LogP contribution in [0.3, 0.4) is 0 Å². The molecule has 0 spiro atoms. The second-order valence-electron chi connectivity index (χ2n) is 6.68. The molecule has 0 atom stereocenters. The van der Waals surface area contributed by atoms with Crippen molar-refractivity contribution in [1.29, 1.82) is 0 Å². The number of halogens is 2. The van der Waals surface area contributed by atoms with Crippen molar-refractivity contribution in [2.75, 3.05) is 25.4 Å². The van der Waals surface area contributed by atoms with Crippen molar-refractivity contribution in [3.8, 4) is 0 Å². The predicted molar refractivity (Wildman–Crippen MR) is 99.0 cm³/mol. The minimum atomic E-state index is 0.186. The maximum Gasteiger partial charge on any atom is 0.229 e. The van der Waals surface area contributed by atoms with Crippen molar-refractivity contribution in [3.63, 3.8) is 0 Å². The van der Waals surface area contributed by atoms with Crippen LogP contribution in [0.5, 0.6) is 0 Å². The largest absolute Gasteiger partial charge is 0.398 e. The van der Waals surface area contributed by atoms with Gasteiger partial charge in [-0.05, 0) is 25.0 Å². The monoisotopic (exact) mass is 367 g/mol. The number of piperazine rings is 1. The van der Waals surface area contributed by atoms with Gasteiger partial charge in [0.15, 0.2) is 0 Å². The molecule has 1 amide bonds. The number of carbonyl (C=O) groups excluding carboxylic acids is 1. The van der Waals surface area contributed by atoms with E-state index in [-0.39, 0.29) is 11.8 Å². The Kier molecular flexibility index (Phi) is 5.38. The van der Waals surface area contributed by atoms with Crippen LogP contribution in [-0.4, -0.2) is 35.3 Å². The first-order chi connectivity index (χ1) is 11.5. The number of nitrogen functional groups attached to an aromatic ring is 1. The fourth-order valence-electron chi connectivity index (χ4n) is 3.60. The Morgan fingerprint density at radius 1 is 1.25 bits per heavy atom. The summed E-state index contributed by atoms with van der Waals surface area (Å²) in [6.07, 6.45) is 4.35. The standard InChI is InChI=1S/C18H23Cl2N3O/c1-12-10-22(11-14-15(19)6-7-16(21)17(14)20)8-9-23(12)18(24)13-4-2-3-5-13/h6-7,13H,1-5,8-11,21H2. The van der Waals surface area contributed by atoms with Gasteiger partial charge in [0.05, 0.1) is 10.7 Å². The molecule has 3 rings (SSSR count). The highest BCUT2D eigenvalue weighted by atomic mass is 35.5. The fourth-order valence-corrected chi connectivity index (χ4v) is 4.09. The molecule has 1 aromatic rings. The highest BCUT2D eigenvalue weighted by Crippen LogP contribution is 2.32. The molecule has 0 bridgehead atoms. The molecule has 0 aromatic heterocycles. The molecule has 1 heterocycles. The molecule has 2 fully saturated rings. The summed E-state index contributed by atoms with van der Waals surface area (Å²) in [4.78, 5) is 16.7. The summed E-state index contributed by atoms with van der Waals surface area (Å²) < 4.78 is 0. The van der Waals surface area contributed by atoms with Gasteiger partial charge in [0, 0.05) is 48.4 Å². The van der Waals surface area contributed by atoms with Crippen molar-refractivity contribution < 1.29 is 4.79 Å². The average Bonchev–Trinajstić information content (AvgIpc) is 3.09. The molecule has 2 aliphatic rings. The molecule has 1 saturated carbocycles. The van der Waals surface area contributed by atoms with E-state index >= 15 is 0 Å². The third kappa shape index (κ3) is 3.56. The van der Waals surface area contributed by atoms with Gasteiger partial charge in [0.25, 0.3) is 0 Å². The summed E-state index contributed by atoms with van der Waals surface area (Å²) in [5.74, 6) is 0.434. The Bertz CT molecular complexity index is 656. The molecular weight excluding hydrogens is 345 g/mol. The van der Waals surface area contributed by atoms with E-state index in [9.17, 15) is 4.79 Å². The average molecular weight is 368 g/mol. The number of hydrogen-bond acceptors (Lipinski definition) is 3. The van der Waals surface area contributed by atoms with E-state index in [1.54, 1.807) is 12.1 Å². The third-order valence-electron chi connectivity index (χ3n) is 5.00. The van der Waals surface area contributed by atoms with Crippen molar-refractivity contribution in [3.05, 3.63) is 40.0 Å². The Hall–Kier alpha value is -1.23. The van der Waals surface area contributed by atoms with Gasteiger partial charge in [0.1, 0.15) is 0 Å². The number of hydrogen-bond donors (Lipinski definition) is 1. The highest BCUT2D eigenvalue weighted by Gasteiger charge is 2.31. The lowest BCUT2D eigenvalue weighted by Gasteiger charge is -2.37. The normalized spacial score (nSPS) is 19.9. The second-order valence-corrected chi connectivity index (χ2v) is 7.46. The summed E-state index contributed by atoms with van der Waals surface area (Å²) in [5.41, 5.74) is 8.10. The topological polar surface area (TPSA) is 49.6 Å². The molecule has 1 aliphatic heterocycles. The number of nitrogens with two attached hydrogens (primary N) is 1. The summed E-state index contributed by atoms with van der Waals surface area (Å²) >= 11 is 12.6. The number of amides is 1. The van der Waals surface area contributed by atoms with Crippen LogP contribution in [0, 0.1) is 5.92 Å². The lowest BCUT2D eigenvalue weighted by molar-refractivity contribution is -0.134. The van der Waals surface area contributed by atoms with Gasteiger partial charge >= 0.3 is 0 Å². The first kappa shape index (κ1) is 17.6. The molecule has 2 N–H and O–H groups in total.